The number of hydrogen-bond acceptors (Lipinski definition) is 6. The Kier molecular flexibility index (Phi) is 10.5. The highest BCUT2D eigenvalue weighted by molar-refractivity contribution is 6.56. The Labute approximate surface area is 303 Å². The van der Waals surface area contributed by atoms with Crippen LogP contribution in [0.3, 0.4) is 0 Å². The van der Waals surface area contributed by atoms with Gasteiger partial charge in [0.05, 0.1) is 29.0 Å². The summed E-state index contributed by atoms with van der Waals surface area (Å²) in [5.74, 6) is -2.33. The summed E-state index contributed by atoms with van der Waals surface area (Å²) < 4.78 is 21.8. The number of carbonyl (C=O) groups excluding carboxylic acids is 4. The average molecular weight is 711 g/mol. The second-order valence-electron chi connectivity index (χ2n) is 14.5. The molecule has 1 saturated carbocycles. The van der Waals surface area contributed by atoms with Crippen LogP contribution in [0.5, 0.6) is 5.75 Å². The number of allylic oxidation sites excluding steroid dienone is 2. The largest absolute Gasteiger partial charge is 0.496 e. The van der Waals surface area contributed by atoms with Gasteiger partial charge in [0, 0.05) is 34.7 Å². The number of rotatable bonds is 8. The molecule has 1 heterocycles. The molecule has 4 unspecified atom stereocenters. The lowest BCUT2D eigenvalue weighted by Gasteiger charge is -2.24. The van der Waals surface area contributed by atoms with Crippen molar-refractivity contribution in [2.45, 2.75) is 72.1 Å². The van der Waals surface area contributed by atoms with Crippen molar-refractivity contribution in [1.29, 1.82) is 5.41 Å². The molecule has 1 amide bonds. The fourth-order valence-corrected chi connectivity index (χ4v) is 8.57. The van der Waals surface area contributed by atoms with Crippen LogP contribution in [0.25, 0.3) is 22.3 Å². The van der Waals surface area contributed by atoms with Crippen molar-refractivity contribution in [3.63, 3.8) is 0 Å². The molecule has 266 valence electrons. The fraction of sp³-hybridized carbons (Fsp3) is 0.405. The molecule has 2 N–H and O–H groups in total. The third kappa shape index (κ3) is 6.83. The summed E-state index contributed by atoms with van der Waals surface area (Å²) >= 11 is 7.08. The molecular weight excluding hydrogens is 667 g/mol. The third-order valence-corrected chi connectivity index (χ3v) is 11.9. The zero-order valence-electron chi connectivity index (χ0n) is 29.6. The third-order valence-electron chi connectivity index (χ3n) is 11.5. The van der Waals surface area contributed by atoms with Crippen LogP contribution < -0.4 is 10.1 Å². The first-order valence-electron chi connectivity index (χ1n) is 17.8. The van der Waals surface area contributed by atoms with Crippen molar-refractivity contribution in [2.24, 2.45) is 23.2 Å². The average Bonchev–Trinajstić information content (AvgIpc) is 3.30. The first kappa shape index (κ1) is 36.4. The van der Waals surface area contributed by atoms with E-state index in [9.17, 15) is 19.2 Å². The van der Waals surface area contributed by atoms with Crippen molar-refractivity contribution in [2.75, 3.05) is 13.7 Å². The molecule has 7 nitrogen and oxygen atoms in total. The second-order valence-corrected chi connectivity index (χ2v) is 14.9. The number of hydrogen-bond donors (Lipinski definition) is 2. The Morgan fingerprint density at radius 1 is 1.02 bits per heavy atom. The maximum absolute atomic E-state index is 16.0. The smallest absolute Gasteiger partial charge is 0.226 e. The van der Waals surface area contributed by atoms with Gasteiger partial charge < -0.3 is 10.1 Å². The van der Waals surface area contributed by atoms with E-state index in [0.717, 1.165) is 45.1 Å². The monoisotopic (exact) mass is 710 g/mol. The SMILES string of the molecule is COc1cc(-c2cccc(-c3cccc(C(=N)C(=O)C4=CCC(C)C(=O)C(C)C4=O)c3C)c2Cl)cc(F)c1CC1CCCC2(CCNC2=O)CC1. The zero-order valence-corrected chi connectivity index (χ0v) is 30.3. The fourth-order valence-electron chi connectivity index (χ4n) is 8.24. The van der Waals surface area contributed by atoms with E-state index < -0.39 is 17.5 Å². The summed E-state index contributed by atoms with van der Waals surface area (Å²) in [6.45, 7) is 5.77. The van der Waals surface area contributed by atoms with Crippen molar-refractivity contribution < 1.29 is 28.3 Å². The van der Waals surface area contributed by atoms with Crippen molar-refractivity contribution in [3.05, 3.63) is 87.7 Å². The molecule has 1 aliphatic heterocycles. The molecule has 2 fully saturated rings. The van der Waals surface area contributed by atoms with Gasteiger partial charge in [0.15, 0.2) is 5.78 Å². The molecule has 3 aliphatic rings. The number of ether oxygens (including phenoxy) is 1. The minimum Gasteiger partial charge on any atom is -0.496 e. The maximum atomic E-state index is 16.0. The molecule has 6 rings (SSSR count). The van der Waals surface area contributed by atoms with Crippen LogP contribution in [0, 0.1) is 41.3 Å². The van der Waals surface area contributed by atoms with Crippen LogP contribution in [-0.4, -0.2) is 42.6 Å². The molecule has 0 aromatic heterocycles. The van der Waals surface area contributed by atoms with Gasteiger partial charge in [-0.05, 0) is 87.1 Å². The molecule has 1 spiro atoms. The van der Waals surface area contributed by atoms with Crippen molar-refractivity contribution in [3.8, 4) is 28.0 Å². The Bertz CT molecular complexity index is 1990. The van der Waals surface area contributed by atoms with Crippen molar-refractivity contribution in [1.82, 2.24) is 5.32 Å². The van der Waals surface area contributed by atoms with E-state index in [4.69, 9.17) is 21.7 Å². The predicted molar refractivity (Wildman–Crippen MR) is 197 cm³/mol. The number of Topliss-reactive ketones (excluding diaryl/α,β-unsaturated/α-hetero) is 3. The molecule has 51 heavy (non-hydrogen) atoms. The lowest BCUT2D eigenvalue weighted by Crippen LogP contribution is -2.30. The van der Waals surface area contributed by atoms with Gasteiger partial charge in [0.2, 0.25) is 11.7 Å². The molecule has 0 bridgehead atoms. The number of benzene rings is 3. The number of methoxy groups -OCH3 is 1. The number of nitrogens with one attached hydrogen (secondary N) is 2. The number of amides is 1. The van der Waals surface area contributed by atoms with E-state index in [1.165, 1.54) is 26.2 Å². The van der Waals surface area contributed by atoms with Crippen LogP contribution >= 0.6 is 11.6 Å². The van der Waals surface area contributed by atoms with E-state index in [2.05, 4.69) is 5.32 Å². The van der Waals surface area contributed by atoms with Crippen LogP contribution in [-0.2, 0) is 25.6 Å². The Balaban J connectivity index is 1.27. The summed E-state index contributed by atoms with van der Waals surface area (Å²) in [4.78, 5) is 51.7. The first-order chi connectivity index (χ1) is 24.4. The van der Waals surface area contributed by atoms with Crippen LogP contribution in [0.2, 0.25) is 5.02 Å². The molecule has 2 aliphatic carbocycles. The number of ketones is 3. The topological polar surface area (TPSA) is 113 Å². The van der Waals surface area contributed by atoms with Crippen LogP contribution in [0.4, 0.5) is 4.39 Å². The molecule has 9 heteroatoms. The minimum absolute atomic E-state index is 0.126. The minimum atomic E-state index is -0.942. The van der Waals surface area contributed by atoms with Gasteiger partial charge >= 0.3 is 0 Å². The van der Waals surface area contributed by atoms with Gasteiger partial charge in [-0.2, -0.15) is 0 Å². The van der Waals surface area contributed by atoms with E-state index in [1.54, 1.807) is 26.0 Å². The molecule has 4 atom stereocenters. The van der Waals surface area contributed by atoms with Gasteiger partial charge in [0.1, 0.15) is 23.1 Å². The normalized spacial score (nSPS) is 23.8. The van der Waals surface area contributed by atoms with Gasteiger partial charge in [-0.25, -0.2) is 4.39 Å². The summed E-state index contributed by atoms with van der Waals surface area (Å²) in [6.07, 6.45) is 7.57. The van der Waals surface area contributed by atoms with Gasteiger partial charge in [-0.1, -0.05) is 73.8 Å². The first-order valence-corrected chi connectivity index (χ1v) is 18.2. The van der Waals surface area contributed by atoms with E-state index in [1.807, 2.05) is 30.3 Å². The predicted octanol–water partition coefficient (Wildman–Crippen LogP) is 8.44. The highest BCUT2D eigenvalue weighted by atomic mass is 35.5. The highest BCUT2D eigenvalue weighted by Gasteiger charge is 2.43. The lowest BCUT2D eigenvalue weighted by molar-refractivity contribution is -0.132. The van der Waals surface area contributed by atoms with Crippen LogP contribution in [0.15, 0.2) is 60.2 Å². The van der Waals surface area contributed by atoms with E-state index >= 15 is 4.39 Å². The number of carbonyl (C=O) groups is 4. The second kappa shape index (κ2) is 14.7. The van der Waals surface area contributed by atoms with Gasteiger partial charge in [-0.3, -0.25) is 24.6 Å². The molecule has 3 aromatic rings. The number of halogens is 2. The van der Waals surface area contributed by atoms with Gasteiger partial charge in [-0.15, -0.1) is 0 Å². The lowest BCUT2D eigenvalue weighted by atomic mass is 9.78. The standard InChI is InChI=1S/C42H44ClFN2O5/c1-23-13-14-32(39(48)25(3)38(23)47)40(49)37(45)29-10-5-9-28(24(29)2)31-12-6-11-30(36(31)43)27-21-34(44)33(35(22-27)51-4)20-26-8-7-16-42(17-15-26)18-19-46-41(42)50/h5-6,9-12,14,21-23,25-26,45H,7-8,13,15-20H2,1-4H3,(H,46,50). The summed E-state index contributed by atoms with van der Waals surface area (Å²) in [7, 11) is 1.54. The summed E-state index contributed by atoms with van der Waals surface area (Å²) in [5.41, 5.74) is 3.21. The molecule has 3 aromatic carbocycles. The van der Waals surface area contributed by atoms with Crippen molar-refractivity contribution >= 4 is 40.6 Å². The zero-order chi connectivity index (χ0) is 36.6. The molecule has 1 saturated heterocycles. The molecular formula is C42H44ClFN2O5. The van der Waals surface area contributed by atoms with E-state index in [-0.39, 0.29) is 52.5 Å². The van der Waals surface area contributed by atoms with E-state index in [0.29, 0.717) is 56.1 Å². The highest BCUT2D eigenvalue weighted by Crippen LogP contribution is 2.45. The Morgan fingerprint density at radius 3 is 2.47 bits per heavy atom. The summed E-state index contributed by atoms with van der Waals surface area (Å²) in [6, 6.07) is 14.0. The maximum Gasteiger partial charge on any atom is 0.226 e. The van der Waals surface area contributed by atoms with Crippen LogP contribution in [0.1, 0.15) is 75.5 Å². The quantitative estimate of drug-likeness (QED) is 0.138. The summed E-state index contributed by atoms with van der Waals surface area (Å²) in [5, 5.41) is 12.2. The van der Waals surface area contributed by atoms with Gasteiger partial charge in [0.25, 0.3) is 0 Å². The Morgan fingerprint density at radius 2 is 1.75 bits per heavy atom. The molecule has 0 radical (unpaired) electrons. The Hall–Kier alpha value is -4.43.